The molecule has 0 aromatic heterocycles. The van der Waals surface area contributed by atoms with E-state index in [2.05, 4.69) is 6.92 Å². The van der Waals surface area contributed by atoms with E-state index in [9.17, 15) is 9.18 Å². The first-order valence-electron chi connectivity index (χ1n) is 14.0. The molecule has 3 rings (SSSR count). The number of esters is 1. The highest BCUT2D eigenvalue weighted by Gasteiger charge is 2.24. The molecule has 0 bridgehead atoms. The molecule has 0 aliphatic heterocycles. The molecule has 2 atom stereocenters. The molecule has 0 N–H and O–H groups in total. The topological polar surface area (TPSA) is 44.8 Å². The molecule has 0 amide bonds. The largest absolute Gasteiger partial charge is 0.494 e. The third kappa shape index (κ3) is 9.15. The van der Waals surface area contributed by atoms with Gasteiger partial charge in [0.25, 0.3) is 0 Å². The molecule has 1 aliphatic carbocycles. The zero-order valence-electron chi connectivity index (χ0n) is 22.1. The van der Waals surface area contributed by atoms with E-state index in [1.54, 1.807) is 12.1 Å². The van der Waals surface area contributed by atoms with Gasteiger partial charge in [0.1, 0.15) is 11.5 Å². The van der Waals surface area contributed by atoms with Crippen LogP contribution in [0.15, 0.2) is 42.5 Å². The van der Waals surface area contributed by atoms with Gasteiger partial charge < -0.3 is 14.2 Å². The number of carbonyl (C=O) groups is 1. The van der Waals surface area contributed by atoms with Crippen LogP contribution < -0.4 is 14.2 Å². The van der Waals surface area contributed by atoms with Crippen molar-refractivity contribution in [2.24, 2.45) is 11.8 Å². The molecule has 1 fully saturated rings. The Hall–Kier alpha value is -2.56. The van der Waals surface area contributed by atoms with E-state index < -0.39 is 11.8 Å². The standard InChI is InChI=1S/C31H43FO4/c1-3-5-7-11-24-12-8-9-13-25(24)14-10-22-34-27-16-18-28(19-17-27)36-31(33)26-15-20-30(29(32)23-26)35-21-6-4-2/h15-20,23-25H,3-14,21-22H2,1-2H3. The van der Waals surface area contributed by atoms with Gasteiger partial charge in [-0.25, -0.2) is 9.18 Å². The highest BCUT2D eigenvalue weighted by Crippen LogP contribution is 2.36. The van der Waals surface area contributed by atoms with Crippen molar-refractivity contribution in [3.05, 3.63) is 53.8 Å². The molecule has 5 heteroatoms. The van der Waals surface area contributed by atoms with Gasteiger partial charge in [0, 0.05) is 0 Å². The molecular weight excluding hydrogens is 455 g/mol. The van der Waals surface area contributed by atoms with Crippen LogP contribution in [-0.4, -0.2) is 19.2 Å². The quantitative estimate of drug-likeness (QED) is 0.140. The van der Waals surface area contributed by atoms with Gasteiger partial charge in [0.15, 0.2) is 11.6 Å². The molecule has 2 aromatic carbocycles. The first kappa shape index (κ1) is 28.0. The first-order chi connectivity index (χ1) is 17.6. The predicted molar refractivity (Wildman–Crippen MR) is 143 cm³/mol. The summed E-state index contributed by atoms with van der Waals surface area (Å²) in [6, 6.07) is 11.2. The average molecular weight is 499 g/mol. The normalized spacial score (nSPS) is 17.5. The van der Waals surface area contributed by atoms with Crippen molar-refractivity contribution in [1.82, 2.24) is 0 Å². The zero-order valence-corrected chi connectivity index (χ0v) is 22.1. The molecule has 1 saturated carbocycles. The van der Waals surface area contributed by atoms with Gasteiger partial charge in [-0.15, -0.1) is 0 Å². The van der Waals surface area contributed by atoms with Crippen LogP contribution in [0.5, 0.6) is 17.2 Å². The van der Waals surface area contributed by atoms with E-state index in [4.69, 9.17) is 14.2 Å². The van der Waals surface area contributed by atoms with Crippen LogP contribution >= 0.6 is 0 Å². The Bertz CT molecular complexity index is 911. The average Bonchev–Trinajstić information content (AvgIpc) is 2.89. The fraction of sp³-hybridized carbons (Fsp3) is 0.581. The van der Waals surface area contributed by atoms with Crippen molar-refractivity contribution in [2.75, 3.05) is 13.2 Å². The molecular formula is C31H43FO4. The lowest BCUT2D eigenvalue weighted by Crippen LogP contribution is -2.20. The minimum atomic E-state index is -0.608. The van der Waals surface area contributed by atoms with Crippen LogP contribution in [0.3, 0.4) is 0 Å². The summed E-state index contributed by atoms with van der Waals surface area (Å²) in [5.41, 5.74) is 0.145. The smallest absolute Gasteiger partial charge is 0.343 e. The summed E-state index contributed by atoms with van der Waals surface area (Å²) >= 11 is 0. The fourth-order valence-electron chi connectivity index (χ4n) is 5.08. The number of halogens is 1. The lowest BCUT2D eigenvalue weighted by molar-refractivity contribution is 0.0734. The summed E-state index contributed by atoms with van der Waals surface area (Å²) in [6.45, 7) is 5.46. The highest BCUT2D eigenvalue weighted by molar-refractivity contribution is 5.91. The second-order valence-electron chi connectivity index (χ2n) is 10.00. The van der Waals surface area contributed by atoms with Gasteiger partial charge in [-0.05, 0) is 73.6 Å². The second-order valence-corrected chi connectivity index (χ2v) is 10.00. The number of hydrogen-bond acceptors (Lipinski definition) is 4. The number of carbonyl (C=O) groups excluding carboxylic acids is 1. The van der Waals surface area contributed by atoms with E-state index in [1.807, 2.05) is 19.1 Å². The summed E-state index contributed by atoms with van der Waals surface area (Å²) in [5.74, 6) is 1.89. The summed E-state index contributed by atoms with van der Waals surface area (Å²) in [6.07, 6.45) is 15.1. The van der Waals surface area contributed by atoms with E-state index in [0.717, 1.165) is 42.9 Å². The van der Waals surface area contributed by atoms with Crippen LogP contribution in [0.25, 0.3) is 0 Å². The molecule has 0 heterocycles. The Morgan fingerprint density at radius 2 is 1.44 bits per heavy atom. The lowest BCUT2D eigenvalue weighted by Gasteiger charge is -2.31. The zero-order chi connectivity index (χ0) is 25.6. The number of hydrogen-bond donors (Lipinski definition) is 0. The molecule has 2 aromatic rings. The molecule has 36 heavy (non-hydrogen) atoms. The van der Waals surface area contributed by atoms with Gasteiger partial charge in [-0.2, -0.15) is 0 Å². The van der Waals surface area contributed by atoms with Gasteiger partial charge in [-0.3, -0.25) is 0 Å². The van der Waals surface area contributed by atoms with Crippen LogP contribution in [0.1, 0.15) is 101 Å². The SMILES string of the molecule is CCCCCC1CCCCC1CCCOc1ccc(OC(=O)c2ccc(OCCCC)c(F)c2)cc1. The maximum atomic E-state index is 14.2. The monoisotopic (exact) mass is 498 g/mol. The maximum Gasteiger partial charge on any atom is 0.343 e. The van der Waals surface area contributed by atoms with E-state index in [-0.39, 0.29) is 11.3 Å². The molecule has 4 nitrogen and oxygen atoms in total. The number of ether oxygens (including phenoxy) is 3. The van der Waals surface area contributed by atoms with Crippen molar-refractivity contribution < 1.29 is 23.4 Å². The maximum absolute atomic E-state index is 14.2. The molecule has 1 aliphatic rings. The summed E-state index contributed by atoms with van der Waals surface area (Å²) in [7, 11) is 0. The van der Waals surface area contributed by atoms with Crippen LogP contribution in [0, 0.1) is 17.7 Å². The second kappa shape index (κ2) is 15.5. The summed E-state index contributed by atoms with van der Waals surface area (Å²) in [5, 5.41) is 0. The Kier molecular flexibility index (Phi) is 12.1. The van der Waals surface area contributed by atoms with E-state index >= 15 is 0 Å². The predicted octanol–water partition coefficient (Wildman–Crippen LogP) is 8.77. The van der Waals surface area contributed by atoms with Crippen molar-refractivity contribution in [2.45, 2.75) is 90.9 Å². The molecule has 0 saturated heterocycles. The summed E-state index contributed by atoms with van der Waals surface area (Å²) < 4.78 is 31.0. The van der Waals surface area contributed by atoms with Gasteiger partial charge in [-0.1, -0.05) is 71.6 Å². The first-order valence-corrected chi connectivity index (χ1v) is 14.0. The Morgan fingerprint density at radius 1 is 0.806 bits per heavy atom. The van der Waals surface area contributed by atoms with E-state index in [1.165, 1.54) is 69.9 Å². The number of benzene rings is 2. The fourth-order valence-corrected chi connectivity index (χ4v) is 5.08. The number of rotatable bonds is 15. The van der Waals surface area contributed by atoms with Crippen molar-refractivity contribution in [3.63, 3.8) is 0 Å². The minimum Gasteiger partial charge on any atom is -0.494 e. The minimum absolute atomic E-state index is 0.145. The third-order valence-electron chi connectivity index (χ3n) is 7.19. The molecule has 0 spiro atoms. The van der Waals surface area contributed by atoms with Crippen LogP contribution in [-0.2, 0) is 0 Å². The van der Waals surface area contributed by atoms with Gasteiger partial charge >= 0.3 is 5.97 Å². The van der Waals surface area contributed by atoms with E-state index in [0.29, 0.717) is 19.0 Å². The van der Waals surface area contributed by atoms with Crippen molar-refractivity contribution in [3.8, 4) is 17.2 Å². The molecule has 2 unspecified atom stereocenters. The lowest BCUT2D eigenvalue weighted by atomic mass is 9.74. The molecule has 198 valence electrons. The van der Waals surface area contributed by atoms with Crippen LogP contribution in [0.2, 0.25) is 0 Å². The Labute approximate surface area is 216 Å². The van der Waals surface area contributed by atoms with Crippen molar-refractivity contribution >= 4 is 5.97 Å². The van der Waals surface area contributed by atoms with Crippen LogP contribution in [0.4, 0.5) is 4.39 Å². The third-order valence-corrected chi connectivity index (χ3v) is 7.19. The molecule has 0 radical (unpaired) electrons. The highest BCUT2D eigenvalue weighted by atomic mass is 19.1. The number of unbranched alkanes of at least 4 members (excludes halogenated alkanes) is 3. The Morgan fingerprint density at radius 3 is 2.11 bits per heavy atom. The van der Waals surface area contributed by atoms with Crippen molar-refractivity contribution in [1.29, 1.82) is 0 Å². The van der Waals surface area contributed by atoms with Gasteiger partial charge in [0.2, 0.25) is 0 Å². The summed E-state index contributed by atoms with van der Waals surface area (Å²) in [4.78, 5) is 12.4. The van der Waals surface area contributed by atoms with Gasteiger partial charge in [0.05, 0.1) is 18.8 Å². The Balaban J connectivity index is 1.40.